The summed E-state index contributed by atoms with van der Waals surface area (Å²) >= 11 is 0. The van der Waals surface area contributed by atoms with Gasteiger partial charge in [-0.15, -0.1) is 5.10 Å². The molecule has 0 aliphatic carbocycles. The molecule has 5 nitrogen and oxygen atoms in total. The minimum Gasteiger partial charge on any atom is -0.408 e. The smallest absolute Gasteiger partial charge is 0.318 e. The van der Waals surface area contributed by atoms with E-state index < -0.39 is 13.0 Å². The number of hydrogen-bond acceptors (Lipinski definition) is 5. The summed E-state index contributed by atoms with van der Waals surface area (Å²) < 4.78 is 29.0. The van der Waals surface area contributed by atoms with Crippen LogP contribution in [0.5, 0.6) is 0 Å². The summed E-state index contributed by atoms with van der Waals surface area (Å²) in [6.07, 6.45) is -1.97. The maximum absolute atomic E-state index is 12.0. The average Bonchev–Trinajstić information content (AvgIpc) is 2.52. The standard InChI is InChI=1S/C7H12F2N4O/c1-13(4-5(8)9)7-12-11-6(14-7)2-3-10/h5H,2-4,10H2,1H3. The van der Waals surface area contributed by atoms with E-state index in [0.29, 0.717) is 18.9 Å². The van der Waals surface area contributed by atoms with E-state index in [2.05, 4.69) is 10.2 Å². The van der Waals surface area contributed by atoms with Crippen molar-refractivity contribution in [1.82, 2.24) is 10.2 Å². The molecule has 2 N–H and O–H groups in total. The van der Waals surface area contributed by atoms with Gasteiger partial charge in [-0.25, -0.2) is 8.78 Å². The van der Waals surface area contributed by atoms with Gasteiger partial charge < -0.3 is 15.1 Å². The highest BCUT2D eigenvalue weighted by atomic mass is 19.3. The van der Waals surface area contributed by atoms with Crippen molar-refractivity contribution in [2.24, 2.45) is 5.73 Å². The predicted octanol–water partition coefficient (Wildman–Crippen LogP) is 0.272. The first-order valence-corrected chi connectivity index (χ1v) is 4.15. The fourth-order valence-corrected chi connectivity index (χ4v) is 0.909. The molecule has 0 aromatic carbocycles. The molecule has 7 heteroatoms. The molecule has 0 saturated carbocycles. The first kappa shape index (κ1) is 10.8. The van der Waals surface area contributed by atoms with Gasteiger partial charge >= 0.3 is 6.01 Å². The van der Waals surface area contributed by atoms with Crippen molar-refractivity contribution in [2.75, 3.05) is 25.0 Å². The number of rotatable bonds is 5. The molecule has 0 saturated heterocycles. The van der Waals surface area contributed by atoms with Crippen LogP contribution in [0.2, 0.25) is 0 Å². The Hall–Kier alpha value is -1.24. The SMILES string of the molecule is CN(CC(F)F)c1nnc(CCN)o1. The van der Waals surface area contributed by atoms with E-state index in [4.69, 9.17) is 10.2 Å². The lowest BCUT2D eigenvalue weighted by Crippen LogP contribution is -2.24. The monoisotopic (exact) mass is 206 g/mol. The molecule has 0 atom stereocenters. The van der Waals surface area contributed by atoms with Crippen LogP contribution in [0.3, 0.4) is 0 Å². The Balaban J connectivity index is 2.57. The van der Waals surface area contributed by atoms with Gasteiger partial charge in [-0.05, 0) is 0 Å². The molecule has 0 radical (unpaired) electrons. The van der Waals surface area contributed by atoms with Gasteiger partial charge in [0.15, 0.2) is 0 Å². The summed E-state index contributed by atoms with van der Waals surface area (Å²) in [6, 6.07) is 0.0914. The van der Waals surface area contributed by atoms with E-state index in [-0.39, 0.29) is 6.01 Å². The molecule has 0 spiro atoms. The van der Waals surface area contributed by atoms with Crippen molar-refractivity contribution in [3.63, 3.8) is 0 Å². The van der Waals surface area contributed by atoms with Crippen LogP contribution < -0.4 is 10.6 Å². The van der Waals surface area contributed by atoms with E-state index >= 15 is 0 Å². The number of anilines is 1. The topological polar surface area (TPSA) is 68.2 Å². The van der Waals surface area contributed by atoms with Gasteiger partial charge in [-0.1, -0.05) is 5.10 Å². The second kappa shape index (κ2) is 4.85. The van der Waals surface area contributed by atoms with Crippen molar-refractivity contribution >= 4 is 6.01 Å². The Morgan fingerprint density at radius 1 is 1.50 bits per heavy atom. The quantitative estimate of drug-likeness (QED) is 0.749. The maximum atomic E-state index is 12.0. The Bertz CT molecular complexity index is 278. The molecule has 0 unspecified atom stereocenters. The van der Waals surface area contributed by atoms with Crippen LogP contribution >= 0.6 is 0 Å². The largest absolute Gasteiger partial charge is 0.408 e. The van der Waals surface area contributed by atoms with Gasteiger partial charge in [0.2, 0.25) is 5.89 Å². The fraction of sp³-hybridized carbons (Fsp3) is 0.714. The van der Waals surface area contributed by atoms with Gasteiger partial charge in [-0.3, -0.25) is 0 Å². The van der Waals surface area contributed by atoms with Crippen molar-refractivity contribution in [3.05, 3.63) is 5.89 Å². The zero-order valence-electron chi connectivity index (χ0n) is 7.78. The molecule has 1 aromatic rings. The molecule has 1 heterocycles. The highest BCUT2D eigenvalue weighted by Gasteiger charge is 2.14. The molecule has 0 fully saturated rings. The lowest BCUT2D eigenvalue weighted by Gasteiger charge is -2.11. The minimum absolute atomic E-state index is 0.0914. The predicted molar refractivity (Wildman–Crippen MR) is 46.3 cm³/mol. The Morgan fingerprint density at radius 3 is 2.79 bits per heavy atom. The molecule has 80 valence electrons. The van der Waals surface area contributed by atoms with E-state index in [0.717, 1.165) is 0 Å². The zero-order valence-corrected chi connectivity index (χ0v) is 7.78. The number of nitrogens with zero attached hydrogens (tertiary/aromatic N) is 3. The second-order valence-electron chi connectivity index (χ2n) is 2.79. The molecule has 0 bridgehead atoms. The van der Waals surface area contributed by atoms with Gasteiger partial charge in [0.1, 0.15) is 0 Å². The summed E-state index contributed by atoms with van der Waals surface area (Å²) in [7, 11) is 1.46. The van der Waals surface area contributed by atoms with Crippen molar-refractivity contribution < 1.29 is 13.2 Å². The third kappa shape index (κ3) is 2.91. The summed E-state index contributed by atoms with van der Waals surface area (Å²) in [4.78, 5) is 1.21. The summed E-state index contributed by atoms with van der Waals surface area (Å²) in [5.74, 6) is 0.364. The molecular weight excluding hydrogens is 194 g/mol. The third-order valence-corrected chi connectivity index (χ3v) is 1.55. The van der Waals surface area contributed by atoms with E-state index in [1.165, 1.54) is 11.9 Å². The number of halogens is 2. The highest BCUT2D eigenvalue weighted by Crippen LogP contribution is 2.11. The second-order valence-corrected chi connectivity index (χ2v) is 2.79. The number of aromatic nitrogens is 2. The van der Waals surface area contributed by atoms with Gasteiger partial charge in [0.25, 0.3) is 6.43 Å². The lowest BCUT2D eigenvalue weighted by atomic mass is 10.4. The van der Waals surface area contributed by atoms with E-state index in [1.54, 1.807) is 0 Å². The van der Waals surface area contributed by atoms with Crippen LogP contribution in [0.25, 0.3) is 0 Å². The molecule has 1 aromatic heterocycles. The van der Waals surface area contributed by atoms with Gasteiger partial charge in [0.05, 0.1) is 6.54 Å². The average molecular weight is 206 g/mol. The third-order valence-electron chi connectivity index (χ3n) is 1.55. The lowest BCUT2D eigenvalue weighted by molar-refractivity contribution is 0.155. The maximum Gasteiger partial charge on any atom is 0.318 e. The molecule has 0 aliphatic heterocycles. The Labute approximate surface area is 79.9 Å². The summed E-state index contributed by atoms with van der Waals surface area (Å²) in [6.45, 7) is -0.0372. The summed E-state index contributed by atoms with van der Waals surface area (Å²) in [5, 5.41) is 7.26. The Morgan fingerprint density at radius 2 is 2.21 bits per heavy atom. The highest BCUT2D eigenvalue weighted by molar-refractivity contribution is 5.21. The molecule has 1 rings (SSSR count). The van der Waals surface area contributed by atoms with Crippen LogP contribution in [0.4, 0.5) is 14.8 Å². The van der Waals surface area contributed by atoms with Gasteiger partial charge in [0, 0.05) is 20.0 Å². The molecule has 0 aliphatic rings. The first-order valence-electron chi connectivity index (χ1n) is 4.15. The van der Waals surface area contributed by atoms with Crippen LogP contribution in [0, 0.1) is 0 Å². The number of nitrogens with two attached hydrogens (primary N) is 1. The van der Waals surface area contributed by atoms with Crippen molar-refractivity contribution in [1.29, 1.82) is 0 Å². The van der Waals surface area contributed by atoms with Crippen molar-refractivity contribution in [3.8, 4) is 0 Å². The summed E-state index contributed by atoms with van der Waals surface area (Å²) in [5.41, 5.74) is 5.27. The minimum atomic E-state index is -2.43. The number of alkyl halides is 2. The first-order chi connectivity index (χ1) is 6.63. The van der Waals surface area contributed by atoms with Crippen LogP contribution in [0.1, 0.15) is 5.89 Å². The Kier molecular flexibility index (Phi) is 3.75. The van der Waals surface area contributed by atoms with Crippen LogP contribution in [-0.2, 0) is 6.42 Å². The molecule has 0 amide bonds. The fourth-order valence-electron chi connectivity index (χ4n) is 0.909. The number of hydrogen-bond donors (Lipinski definition) is 1. The van der Waals surface area contributed by atoms with Crippen LogP contribution in [0.15, 0.2) is 4.42 Å². The van der Waals surface area contributed by atoms with E-state index in [9.17, 15) is 8.78 Å². The van der Waals surface area contributed by atoms with Gasteiger partial charge in [-0.2, -0.15) is 0 Å². The molecule has 14 heavy (non-hydrogen) atoms. The van der Waals surface area contributed by atoms with E-state index in [1.807, 2.05) is 0 Å². The van der Waals surface area contributed by atoms with Crippen LogP contribution in [-0.4, -0.2) is 36.8 Å². The van der Waals surface area contributed by atoms with Crippen molar-refractivity contribution in [2.45, 2.75) is 12.8 Å². The molecular formula is C7H12F2N4O. The normalized spacial score (nSPS) is 10.9. The zero-order chi connectivity index (χ0) is 10.6.